The van der Waals surface area contributed by atoms with E-state index in [1.807, 2.05) is 25.6 Å². The molecule has 0 atom stereocenters. The predicted molar refractivity (Wildman–Crippen MR) is 54.4 cm³/mol. The van der Waals surface area contributed by atoms with Crippen LogP contribution in [-0.2, 0) is 7.05 Å². The molecule has 0 radical (unpaired) electrons. The summed E-state index contributed by atoms with van der Waals surface area (Å²) >= 11 is 0. The highest BCUT2D eigenvalue weighted by atomic mass is 16.1. The summed E-state index contributed by atoms with van der Waals surface area (Å²) in [4.78, 5) is 11.9. The summed E-state index contributed by atoms with van der Waals surface area (Å²) < 4.78 is 1.85. The normalized spacial score (nSPS) is 16.3. The van der Waals surface area contributed by atoms with Gasteiger partial charge in [-0.05, 0) is 12.8 Å². The van der Waals surface area contributed by atoms with Gasteiger partial charge < -0.3 is 0 Å². The molecule has 1 aliphatic rings. The Morgan fingerprint density at radius 2 is 2.21 bits per heavy atom. The Morgan fingerprint density at radius 1 is 1.57 bits per heavy atom. The van der Waals surface area contributed by atoms with E-state index in [1.165, 1.54) is 12.8 Å². The first-order valence-electron chi connectivity index (χ1n) is 5.17. The number of aromatic nitrogens is 2. The van der Waals surface area contributed by atoms with Crippen LogP contribution in [0.5, 0.6) is 0 Å². The van der Waals surface area contributed by atoms with Crippen molar-refractivity contribution in [1.82, 2.24) is 9.78 Å². The fourth-order valence-electron chi connectivity index (χ4n) is 1.79. The van der Waals surface area contributed by atoms with Crippen LogP contribution in [0.3, 0.4) is 0 Å². The molecule has 0 aromatic carbocycles. The maximum absolute atomic E-state index is 11.9. The van der Waals surface area contributed by atoms with Gasteiger partial charge in [-0.15, -0.1) is 0 Å². The Morgan fingerprint density at radius 3 is 2.71 bits per heavy atom. The van der Waals surface area contributed by atoms with Crippen LogP contribution in [0.25, 0.3) is 0 Å². The summed E-state index contributed by atoms with van der Waals surface area (Å²) in [5.74, 6) is 0.872. The Hall–Kier alpha value is -1.12. The standard InChI is InChI=1S/C11H16N2O/c1-7(2)11(14)9-6-12-13(3)10(9)8-4-5-8/h6-8H,4-5H2,1-3H3. The third kappa shape index (κ3) is 1.47. The third-order valence-electron chi connectivity index (χ3n) is 2.74. The number of hydrogen-bond acceptors (Lipinski definition) is 2. The molecule has 0 saturated heterocycles. The minimum atomic E-state index is 0.0664. The van der Waals surface area contributed by atoms with Gasteiger partial charge in [0.15, 0.2) is 5.78 Å². The van der Waals surface area contributed by atoms with E-state index < -0.39 is 0 Å². The Labute approximate surface area is 84.1 Å². The van der Waals surface area contributed by atoms with Gasteiger partial charge in [-0.2, -0.15) is 5.10 Å². The molecule has 0 bridgehead atoms. The van der Waals surface area contributed by atoms with Gasteiger partial charge in [0.2, 0.25) is 0 Å². The zero-order chi connectivity index (χ0) is 10.3. The lowest BCUT2D eigenvalue weighted by molar-refractivity contribution is 0.0938. The Kier molecular flexibility index (Phi) is 2.17. The van der Waals surface area contributed by atoms with Crippen LogP contribution in [-0.4, -0.2) is 15.6 Å². The maximum Gasteiger partial charge on any atom is 0.168 e. The molecule has 1 fully saturated rings. The first kappa shape index (κ1) is 9.44. The molecule has 1 aliphatic carbocycles. The van der Waals surface area contributed by atoms with Crippen molar-refractivity contribution < 1.29 is 4.79 Å². The predicted octanol–water partition coefficient (Wildman–Crippen LogP) is 2.14. The fourth-order valence-corrected chi connectivity index (χ4v) is 1.79. The Bertz CT molecular complexity index is 361. The van der Waals surface area contributed by atoms with Gasteiger partial charge in [0.05, 0.1) is 17.5 Å². The van der Waals surface area contributed by atoms with Crippen molar-refractivity contribution in [2.75, 3.05) is 0 Å². The molecule has 1 heterocycles. The average Bonchev–Trinajstić information content (AvgIpc) is 2.89. The minimum Gasteiger partial charge on any atom is -0.294 e. The molecule has 0 spiro atoms. The molecule has 1 aromatic rings. The zero-order valence-corrected chi connectivity index (χ0v) is 8.95. The zero-order valence-electron chi connectivity index (χ0n) is 8.95. The van der Waals surface area contributed by atoms with E-state index in [-0.39, 0.29) is 11.7 Å². The van der Waals surface area contributed by atoms with Crippen molar-refractivity contribution >= 4 is 5.78 Å². The van der Waals surface area contributed by atoms with Crippen molar-refractivity contribution in [3.8, 4) is 0 Å². The van der Waals surface area contributed by atoms with Gasteiger partial charge in [0.1, 0.15) is 0 Å². The van der Waals surface area contributed by atoms with E-state index >= 15 is 0 Å². The number of carbonyl (C=O) groups is 1. The number of rotatable bonds is 3. The van der Waals surface area contributed by atoms with E-state index in [9.17, 15) is 4.79 Å². The van der Waals surface area contributed by atoms with Crippen molar-refractivity contribution in [1.29, 1.82) is 0 Å². The van der Waals surface area contributed by atoms with Crippen LogP contribution in [0.15, 0.2) is 6.20 Å². The van der Waals surface area contributed by atoms with Crippen LogP contribution < -0.4 is 0 Å². The molecule has 76 valence electrons. The summed E-state index contributed by atoms with van der Waals surface area (Å²) in [7, 11) is 1.92. The number of Topliss-reactive ketones (excluding diaryl/α,β-unsaturated/α-hetero) is 1. The molecule has 0 N–H and O–H groups in total. The van der Waals surface area contributed by atoms with Gasteiger partial charge in [0.25, 0.3) is 0 Å². The molecular formula is C11H16N2O. The quantitative estimate of drug-likeness (QED) is 0.688. The second-order valence-electron chi connectivity index (χ2n) is 4.36. The minimum absolute atomic E-state index is 0.0664. The van der Waals surface area contributed by atoms with E-state index in [0.29, 0.717) is 5.92 Å². The molecule has 0 amide bonds. The van der Waals surface area contributed by atoms with E-state index in [2.05, 4.69) is 5.10 Å². The van der Waals surface area contributed by atoms with Gasteiger partial charge >= 0.3 is 0 Å². The summed E-state index contributed by atoms with van der Waals surface area (Å²) in [6.07, 6.45) is 4.13. The topological polar surface area (TPSA) is 34.9 Å². The highest BCUT2D eigenvalue weighted by Gasteiger charge is 2.31. The number of ketones is 1. The number of carbonyl (C=O) groups excluding carboxylic acids is 1. The summed E-state index contributed by atoms with van der Waals surface area (Å²) in [5.41, 5.74) is 1.98. The summed E-state index contributed by atoms with van der Waals surface area (Å²) in [5, 5.41) is 4.18. The Balaban J connectivity index is 2.37. The molecule has 1 saturated carbocycles. The summed E-state index contributed by atoms with van der Waals surface area (Å²) in [6.45, 7) is 3.87. The van der Waals surface area contributed by atoms with Gasteiger partial charge in [-0.1, -0.05) is 13.8 Å². The molecule has 3 nitrogen and oxygen atoms in total. The first-order valence-corrected chi connectivity index (χ1v) is 5.17. The number of nitrogens with zero attached hydrogens (tertiary/aromatic N) is 2. The van der Waals surface area contributed by atoms with Crippen LogP contribution in [0.4, 0.5) is 0 Å². The summed E-state index contributed by atoms with van der Waals surface area (Å²) in [6, 6.07) is 0. The van der Waals surface area contributed by atoms with Crippen LogP contribution in [0.1, 0.15) is 48.7 Å². The molecule has 2 rings (SSSR count). The largest absolute Gasteiger partial charge is 0.294 e. The first-order chi connectivity index (χ1) is 6.61. The molecule has 0 aliphatic heterocycles. The average molecular weight is 192 g/mol. The van der Waals surface area contributed by atoms with Crippen molar-refractivity contribution in [2.45, 2.75) is 32.6 Å². The molecule has 0 unspecified atom stereocenters. The number of aryl methyl sites for hydroxylation is 1. The highest BCUT2D eigenvalue weighted by molar-refractivity contribution is 5.98. The van der Waals surface area contributed by atoms with Gasteiger partial charge in [0, 0.05) is 18.9 Å². The molecule has 3 heteroatoms. The lowest BCUT2D eigenvalue weighted by Crippen LogP contribution is -2.10. The number of hydrogen-bond donors (Lipinski definition) is 0. The van der Waals surface area contributed by atoms with Gasteiger partial charge in [-0.25, -0.2) is 0 Å². The van der Waals surface area contributed by atoms with Gasteiger partial charge in [-0.3, -0.25) is 9.48 Å². The lowest BCUT2D eigenvalue weighted by Gasteiger charge is -2.05. The smallest absolute Gasteiger partial charge is 0.168 e. The second kappa shape index (κ2) is 3.23. The third-order valence-corrected chi connectivity index (χ3v) is 2.74. The van der Waals surface area contributed by atoms with E-state index in [4.69, 9.17) is 0 Å². The maximum atomic E-state index is 11.9. The molecular weight excluding hydrogens is 176 g/mol. The van der Waals surface area contributed by atoms with Crippen LogP contribution in [0, 0.1) is 5.92 Å². The lowest BCUT2D eigenvalue weighted by atomic mass is 10.00. The molecule has 14 heavy (non-hydrogen) atoms. The van der Waals surface area contributed by atoms with Crippen LogP contribution in [0.2, 0.25) is 0 Å². The second-order valence-corrected chi connectivity index (χ2v) is 4.36. The van der Waals surface area contributed by atoms with E-state index in [0.717, 1.165) is 11.3 Å². The van der Waals surface area contributed by atoms with Crippen molar-refractivity contribution in [3.05, 3.63) is 17.5 Å². The van der Waals surface area contributed by atoms with Crippen molar-refractivity contribution in [3.63, 3.8) is 0 Å². The fraction of sp³-hybridized carbons (Fsp3) is 0.636. The van der Waals surface area contributed by atoms with E-state index in [1.54, 1.807) is 6.20 Å². The highest BCUT2D eigenvalue weighted by Crippen LogP contribution is 2.41. The molecule has 1 aromatic heterocycles. The van der Waals surface area contributed by atoms with Crippen molar-refractivity contribution in [2.24, 2.45) is 13.0 Å². The van der Waals surface area contributed by atoms with Crippen LogP contribution >= 0.6 is 0 Å². The monoisotopic (exact) mass is 192 g/mol. The SMILES string of the molecule is CC(C)C(=O)c1cnn(C)c1C1CC1.